The molecule has 0 spiro atoms. The molecule has 33 heavy (non-hydrogen) atoms. The molecule has 0 aromatic heterocycles. The summed E-state index contributed by atoms with van der Waals surface area (Å²) in [5, 5.41) is 0. The third-order valence-corrected chi connectivity index (χ3v) is 6.75. The van der Waals surface area contributed by atoms with Gasteiger partial charge in [0.1, 0.15) is 18.2 Å². The Kier molecular flexibility index (Phi) is 5.95. The first-order chi connectivity index (χ1) is 16.1. The number of carbonyl (C=O) groups is 2. The summed E-state index contributed by atoms with van der Waals surface area (Å²) in [5.74, 6) is 0.869. The quantitative estimate of drug-likeness (QED) is 0.569. The van der Waals surface area contributed by atoms with E-state index in [1.165, 1.54) is 11.6 Å². The second-order valence-corrected chi connectivity index (χ2v) is 8.90. The van der Waals surface area contributed by atoms with Crippen molar-refractivity contribution in [2.24, 2.45) is 5.92 Å². The first-order valence-corrected chi connectivity index (χ1v) is 11.5. The van der Waals surface area contributed by atoms with Crippen LogP contribution in [-0.4, -0.2) is 36.3 Å². The van der Waals surface area contributed by atoms with Crippen LogP contribution in [0.25, 0.3) is 0 Å². The summed E-state index contributed by atoms with van der Waals surface area (Å²) in [5.41, 5.74) is 3.52. The highest BCUT2D eigenvalue weighted by Crippen LogP contribution is 2.38. The number of fused-ring (bicyclic) bond motifs is 1. The summed E-state index contributed by atoms with van der Waals surface area (Å²) in [6.45, 7) is 1.39. The van der Waals surface area contributed by atoms with Gasteiger partial charge in [-0.2, -0.15) is 0 Å². The molecule has 168 valence electrons. The number of hydrogen-bond acceptors (Lipinski definition) is 3. The van der Waals surface area contributed by atoms with E-state index in [1.54, 1.807) is 30.3 Å². The summed E-state index contributed by atoms with van der Waals surface area (Å²) in [4.78, 5) is 26.8. The fourth-order valence-corrected chi connectivity index (χ4v) is 5.13. The maximum Gasteiger partial charge on any atom is 0.253 e. The zero-order valence-corrected chi connectivity index (χ0v) is 18.4. The molecule has 2 aliphatic rings. The van der Waals surface area contributed by atoms with Gasteiger partial charge in [0.05, 0.1) is 0 Å². The number of Topliss-reactive ketones (excluding diaryl/α,β-unsaturated/α-hetero) is 1. The number of ketones is 1. The second-order valence-electron chi connectivity index (χ2n) is 8.90. The average Bonchev–Trinajstić information content (AvgIpc) is 2.84. The third-order valence-electron chi connectivity index (χ3n) is 6.75. The lowest BCUT2D eigenvalue weighted by molar-refractivity contribution is -0.121. The van der Waals surface area contributed by atoms with Crippen LogP contribution in [0.3, 0.4) is 0 Å². The Hall–Kier alpha value is -3.47. The molecular weight excluding hydrogens is 417 g/mol. The van der Waals surface area contributed by atoms with Crippen LogP contribution in [0.5, 0.6) is 5.75 Å². The molecule has 0 aliphatic carbocycles. The van der Waals surface area contributed by atoms with Crippen molar-refractivity contribution in [3.8, 4) is 5.75 Å². The number of hydrogen-bond donors (Lipinski definition) is 0. The minimum atomic E-state index is -0.226. The average molecular weight is 444 g/mol. The van der Waals surface area contributed by atoms with Crippen molar-refractivity contribution < 1.29 is 18.7 Å². The standard InChI is InChI=1S/C28H26FNO3/c29-24-8-4-7-21(16-24)27(19-5-2-1-3-6-19)20-11-13-30(14-12-20)28(32)22-9-10-26-23(15-22)17-25(31)18-33-26/h1-10,15-16,20,27H,11-14,17-18H2. The minimum Gasteiger partial charge on any atom is -0.486 e. The van der Waals surface area contributed by atoms with Crippen LogP contribution in [0.1, 0.15) is 45.8 Å². The molecule has 1 amide bonds. The summed E-state index contributed by atoms with van der Waals surface area (Å²) in [6.07, 6.45) is 1.99. The fourth-order valence-electron chi connectivity index (χ4n) is 5.13. The lowest BCUT2D eigenvalue weighted by Gasteiger charge is -2.37. The lowest BCUT2D eigenvalue weighted by atomic mass is 9.76. The van der Waals surface area contributed by atoms with E-state index in [4.69, 9.17) is 4.74 Å². The molecular formula is C28H26FNO3. The van der Waals surface area contributed by atoms with Crippen molar-refractivity contribution in [1.29, 1.82) is 0 Å². The Morgan fingerprint density at radius 1 is 0.939 bits per heavy atom. The molecule has 5 rings (SSSR count). The monoisotopic (exact) mass is 443 g/mol. The highest BCUT2D eigenvalue weighted by atomic mass is 19.1. The van der Waals surface area contributed by atoms with Gasteiger partial charge in [-0.15, -0.1) is 0 Å². The highest BCUT2D eigenvalue weighted by Gasteiger charge is 2.31. The van der Waals surface area contributed by atoms with Gasteiger partial charge in [0.15, 0.2) is 5.78 Å². The van der Waals surface area contributed by atoms with Gasteiger partial charge in [-0.05, 0) is 60.2 Å². The molecule has 3 aromatic carbocycles. The van der Waals surface area contributed by atoms with E-state index in [9.17, 15) is 14.0 Å². The maximum atomic E-state index is 14.0. The number of rotatable bonds is 4. The van der Waals surface area contributed by atoms with Crippen molar-refractivity contribution in [2.75, 3.05) is 19.7 Å². The van der Waals surface area contributed by atoms with E-state index in [0.717, 1.165) is 24.0 Å². The zero-order chi connectivity index (χ0) is 22.8. The zero-order valence-electron chi connectivity index (χ0n) is 18.4. The molecule has 1 fully saturated rings. The van der Waals surface area contributed by atoms with E-state index in [1.807, 2.05) is 29.2 Å². The Morgan fingerprint density at radius 2 is 1.70 bits per heavy atom. The number of nitrogens with zero attached hydrogens (tertiary/aromatic N) is 1. The number of carbonyl (C=O) groups excluding carboxylic acids is 2. The third kappa shape index (κ3) is 4.54. The SMILES string of the molecule is O=C1COc2ccc(C(=O)N3CCC(C(c4ccccc4)c4cccc(F)c4)CC3)cc2C1. The van der Waals surface area contributed by atoms with Crippen molar-refractivity contribution in [3.63, 3.8) is 0 Å². The Bertz CT molecular complexity index is 1170. The number of piperidine rings is 1. The van der Waals surface area contributed by atoms with Gasteiger partial charge in [-0.1, -0.05) is 42.5 Å². The molecule has 0 saturated carbocycles. The van der Waals surface area contributed by atoms with E-state index in [0.29, 0.717) is 36.7 Å². The predicted octanol–water partition coefficient (Wildman–Crippen LogP) is 5.01. The second kappa shape index (κ2) is 9.18. The number of ether oxygens (including phenoxy) is 1. The van der Waals surface area contributed by atoms with Gasteiger partial charge in [0.25, 0.3) is 5.91 Å². The number of amides is 1. The minimum absolute atomic E-state index is 0.0173. The smallest absolute Gasteiger partial charge is 0.253 e. The number of benzene rings is 3. The molecule has 2 heterocycles. The normalized spacial score (nSPS) is 17.2. The summed E-state index contributed by atoms with van der Waals surface area (Å²) in [6, 6.07) is 22.5. The van der Waals surface area contributed by atoms with Crippen LogP contribution < -0.4 is 4.74 Å². The van der Waals surface area contributed by atoms with E-state index in [2.05, 4.69) is 12.1 Å². The van der Waals surface area contributed by atoms with Gasteiger partial charge >= 0.3 is 0 Å². The molecule has 0 bridgehead atoms. The molecule has 2 aliphatic heterocycles. The predicted molar refractivity (Wildman–Crippen MR) is 124 cm³/mol. The Balaban J connectivity index is 1.32. The maximum absolute atomic E-state index is 14.0. The van der Waals surface area contributed by atoms with Crippen LogP contribution in [0, 0.1) is 11.7 Å². The van der Waals surface area contributed by atoms with Crippen molar-refractivity contribution >= 4 is 11.7 Å². The summed E-state index contributed by atoms with van der Waals surface area (Å²) in [7, 11) is 0. The van der Waals surface area contributed by atoms with E-state index < -0.39 is 0 Å². The highest BCUT2D eigenvalue weighted by molar-refractivity contribution is 5.95. The van der Waals surface area contributed by atoms with Crippen LogP contribution in [0.2, 0.25) is 0 Å². The topological polar surface area (TPSA) is 46.6 Å². The van der Waals surface area contributed by atoms with E-state index in [-0.39, 0.29) is 30.0 Å². The van der Waals surface area contributed by atoms with Gasteiger partial charge in [-0.25, -0.2) is 4.39 Å². The summed E-state index contributed by atoms with van der Waals surface area (Å²) >= 11 is 0. The van der Waals surface area contributed by atoms with Gasteiger partial charge in [0, 0.05) is 36.6 Å². The van der Waals surface area contributed by atoms with Gasteiger partial charge in [0.2, 0.25) is 0 Å². The Morgan fingerprint density at radius 3 is 2.45 bits per heavy atom. The lowest BCUT2D eigenvalue weighted by Crippen LogP contribution is -2.40. The Labute approximate surface area is 193 Å². The number of likely N-dealkylation sites (tertiary alicyclic amines) is 1. The number of halogens is 1. The van der Waals surface area contributed by atoms with Crippen molar-refractivity contribution in [1.82, 2.24) is 4.90 Å². The van der Waals surface area contributed by atoms with Gasteiger partial charge < -0.3 is 9.64 Å². The molecule has 1 saturated heterocycles. The summed E-state index contributed by atoms with van der Waals surface area (Å²) < 4.78 is 19.5. The van der Waals surface area contributed by atoms with Crippen LogP contribution >= 0.6 is 0 Å². The molecule has 0 N–H and O–H groups in total. The molecule has 3 aromatic rings. The van der Waals surface area contributed by atoms with Crippen LogP contribution in [0.15, 0.2) is 72.8 Å². The molecule has 1 atom stereocenters. The molecule has 5 heteroatoms. The largest absolute Gasteiger partial charge is 0.486 e. The van der Waals surface area contributed by atoms with Crippen LogP contribution in [0.4, 0.5) is 4.39 Å². The van der Waals surface area contributed by atoms with Gasteiger partial charge in [-0.3, -0.25) is 9.59 Å². The van der Waals surface area contributed by atoms with Crippen molar-refractivity contribution in [2.45, 2.75) is 25.2 Å². The van der Waals surface area contributed by atoms with Crippen molar-refractivity contribution in [3.05, 3.63) is 101 Å². The fraction of sp³-hybridized carbons (Fsp3) is 0.286. The molecule has 0 radical (unpaired) electrons. The first-order valence-electron chi connectivity index (χ1n) is 11.5. The molecule has 1 unspecified atom stereocenters. The van der Waals surface area contributed by atoms with E-state index >= 15 is 0 Å². The molecule has 4 nitrogen and oxygen atoms in total. The van der Waals surface area contributed by atoms with Crippen LogP contribution in [-0.2, 0) is 11.2 Å². The first kappa shape index (κ1) is 21.4.